The van der Waals surface area contributed by atoms with E-state index in [0.29, 0.717) is 12.1 Å². The molecule has 0 spiro atoms. The monoisotopic (exact) mass is 353 g/mol. The molecule has 1 rings (SSSR count). The van der Waals surface area contributed by atoms with Crippen molar-refractivity contribution >= 4 is 35.4 Å². The molecule has 0 fully saturated rings. The maximum absolute atomic E-state index is 12.1. The molecule has 0 heterocycles. The molecule has 3 amide bonds. The van der Waals surface area contributed by atoms with Gasteiger partial charge in [0.2, 0.25) is 5.91 Å². The average molecular weight is 353 g/mol. The Morgan fingerprint density at radius 3 is 2.29 bits per heavy atom. The van der Waals surface area contributed by atoms with E-state index >= 15 is 0 Å². The first-order chi connectivity index (χ1) is 11.3. The van der Waals surface area contributed by atoms with Crippen LogP contribution in [0.25, 0.3) is 0 Å². The van der Waals surface area contributed by atoms with E-state index in [1.54, 1.807) is 23.9 Å². The molecule has 132 valence electrons. The SMILES string of the molecule is CSc1ccc(NC(=O)NC(CC(C)C)C(=O)NCC(=O)O)cc1. The second-order valence-electron chi connectivity index (χ2n) is 5.62. The molecule has 0 saturated carbocycles. The zero-order valence-electron chi connectivity index (χ0n) is 14.0. The number of carbonyl (C=O) groups excluding carboxylic acids is 2. The zero-order chi connectivity index (χ0) is 18.1. The lowest BCUT2D eigenvalue weighted by molar-refractivity contribution is -0.138. The highest BCUT2D eigenvalue weighted by Gasteiger charge is 2.22. The summed E-state index contributed by atoms with van der Waals surface area (Å²) >= 11 is 1.60. The molecular weight excluding hydrogens is 330 g/mol. The molecule has 1 aromatic carbocycles. The summed E-state index contributed by atoms with van der Waals surface area (Å²) in [4.78, 5) is 35.7. The van der Waals surface area contributed by atoms with Crippen LogP contribution < -0.4 is 16.0 Å². The van der Waals surface area contributed by atoms with Crippen molar-refractivity contribution in [3.05, 3.63) is 24.3 Å². The number of rotatable bonds is 8. The Hall–Kier alpha value is -2.22. The van der Waals surface area contributed by atoms with E-state index in [1.807, 2.05) is 32.2 Å². The van der Waals surface area contributed by atoms with Gasteiger partial charge in [-0.3, -0.25) is 9.59 Å². The summed E-state index contributed by atoms with van der Waals surface area (Å²) in [6, 6.07) is 6.00. The van der Waals surface area contributed by atoms with Crippen LogP contribution >= 0.6 is 11.8 Å². The van der Waals surface area contributed by atoms with Crippen LogP contribution in [0.3, 0.4) is 0 Å². The van der Waals surface area contributed by atoms with Gasteiger partial charge in [-0.25, -0.2) is 4.79 Å². The summed E-state index contributed by atoms with van der Waals surface area (Å²) in [5, 5.41) is 16.2. The van der Waals surface area contributed by atoms with Gasteiger partial charge in [0.05, 0.1) is 0 Å². The summed E-state index contributed by atoms with van der Waals surface area (Å²) in [5.74, 6) is -1.49. The van der Waals surface area contributed by atoms with Gasteiger partial charge in [0, 0.05) is 10.6 Å². The molecule has 0 saturated heterocycles. The molecule has 1 unspecified atom stereocenters. The van der Waals surface area contributed by atoms with Crippen LogP contribution in [0.4, 0.5) is 10.5 Å². The summed E-state index contributed by atoms with van der Waals surface area (Å²) in [6.07, 6.45) is 2.37. The maximum atomic E-state index is 12.1. The van der Waals surface area contributed by atoms with Crippen molar-refractivity contribution in [3.63, 3.8) is 0 Å². The van der Waals surface area contributed by atoms with Crippen LogP contribution in [-0.4, -0.2) is 41.9 Å². The molecule has 1 atom stereocenters. The van der Waals surface area contributed by atoms with Crippen molar-refractivity contribution in [3.8, 4) is 0 Å². The number of thioether (sulfide) groups is 1. The Kier molecular flexibility index (Phi) is 8.11. The molecule has 7 nitrogen and oxygen atoms in total. The number of hydrogen-bond donors (Lipinski definition) is 4. The fourth-order valence-electron chi connectivity index (χ4n) is 1.99. The van der Waals surface area contributed by atoms with Gasteiger partial charge in [-0.15, -0.1) is 11.8 Å². The van der Waals surface area contributed by atoms with Gasteiger partial charge in [-0.2, -0.15) is 0 Å². The maximum Gasteiger partial charge on any atom is 0.322 e. The lowest BCUT2D eigenvalue weighted by Crippen LogP contribution is -2.49. The fraction of sp³-hybridized carbons (Fsp3) is 0.438. The number of carbonyl (C=O) groups is 3. The van der Waals surface area contributed by atoms with E-state index in [2.05, 4.69) is 16.0 Å². The molecular formula is C16H23N3O4S. The average Bonchev–Trinajstić information content (AvgIpc) is 2.52. The Morgan fingerprint density at radius 2 is 1.79 bits per heavy atom. The lowest BCUT2D eigenvalue weighted by atomic mass is 10.0. The number of urea groups is 1. The molecule has 4 N–H and O–H groups in total. The Labute approximate surface area is 145 Å². The number of amides is 3. The molecule has 24 heavy (non-hydrogen) atoms. The van der Waals surface area contributed by atoms with Crippen LogP contribution in [0.15, 0.2) is 29.2 Å². The minimum atomic E-state index is -1.13. The van der Waals surface area contributed by atoms with Gasteiger partial charge >= 0.3 is 12.0 Å². The van der Waals surface area contributed by atoms with Crippen LogP contribution in [-0.2, 0) is 9.59 Å². The summed E-state index contributed by atoms with van der Waals surface area (Å²) < 4.78 is 0. The number of carboxylic acid groups (broad SMARTS) is 1. The fourth-order valence-corrected chi connectivity index (χ4v) is 2.40. The third-order valence-corrected chi connectivity index (χ3v) is 3.83. The number of aliphatic carboxylic acids is 1. The topological polar surface area (TPSA) is 108 Å². The highest BCUT2D eigenvalue weighted by Crippen LogP contribution is 2.17. The quantitative estimate of drug-likeness (QED) is 0.536. The normalized spacial score (nSPS) is 11.7. The largest absolute Gasteiger partial charge is 0.480 e. The minimum Gasteiger partial charge on any atom is -0.480 e. The molecule has 0 aromatic heterocycles. The number of anilines is 1. The van der Waals surface area contributed by atoms with Crippen molar-refractivity contribution in [1.29, 1.82) is 0 Å². The highest BCUT2D eigenvalue weighted by molar-refractivity contribution is 7.98. The number of benzene rings is 1. The van der Waals surface area contributed by atoms with Gasteiger partial charge in [0.15, 0.2) is 0 Å². The van der Waals surface area contributed by atoms with E-state index in [0.717, 1.165) is 4.90 Å². The standard InChI is InChI=1S/C16H23N3O4S/c1-10(2)8-13(15(22)17-9-14(20)21)19-16(23)18-11-4-6-12(24-3)7-5-11/h4-7,10,13H,8-9H2,1-3H3,(H,17,22)(H,20,21)(H2,18,19,23). The first-order valence-corrected chi connectivity index (χ1v) is 8.75. The van der Waals surface area contributed by atoms with Crippen molar-refractivity contribution in [1.82, 2.24) is 10.6 Å². The smallest absolute Gasteiger partial charge is 0.322 e. The first-order valence-electron chi connectivity index (χ1n) is 7.53. The van der Waals surface area contributed by atoms with Crippen LogP contribution in [0.5, 0.6) is 0 Å². The molecule has 1 aromatic rings. The molecule has 0 bridgehead atoms. The van der Waals surface area contributed by atoms with Gasteiger partial charge < -0.3 is 21.1 Å². The number of hydrogen-bond acceptors (Lipinski definition) is 4. The molecule has 0 aliphatic rings. The first kappa shape index (κ1) is 19.8. The highest BCUT2D eigenvalue weighted by atomic mass is 32.2. The Balaban J connectivity index is 2.64. The molecule has 0 radical (unpaired) electrons. The number of nitrogens with one attached hydrogen (secondary N) is 3. The van der Waals surface area contributed by atoms with Gasteiger partial charge in [0.1, 0.15) is 12.6 Å². The van der Waals surface area contributed by atoms with E-state index < -0.39 is 30.5 Å². The third kappa shape index (κ3) is 7.36. The molecule has 0 aliphatic carbocycles. The van der Waals surface area contributed by atoms with Crippen LogP contribution in [0, 0.1) is 5.92 Å². The third-order valence-electron chi connectivity index (χ3n) is 3.09. The summed E-state index contributed by atoms with van der Waals surface area (Å²) in [5.41, 5.74) is 0.611. The molecule has 8 heteroatoms. The van der Waals surface area contributed by atoms with Gasteiger partial charge in [-0.05, 0) is 42.9 Å². The van der Waals surface area contributed by atoms with Crippen LogP contribution in [0.1, 0.15) is 20.3 Å². The second kappa shape index (κ2) is 9.82. The lowest BCUT2D eigenvalue weighted by Gasteiger charge is -2.20. The van der Waals surface area contributed by atoms with Gasteiger partial charge in [-0.1, -0.05) is 13.8 Å². The summed E-state index contributed by atoms with van der Waals surface area (Å²) in [6.45, 7) is 3.35. The van der Waals surface area contributed by atoms with E-state index in [9.17, 15) is 14.4 Å². The number of carboxylic acids is 1. The zero-order valence-corrected chi connectivity index (χ0v) is 14.8. The molecule has 0 aliphatic heterocycles. The predicted molar refractivity (Wildman–Crippen MR) is 94.3 cm³/mol. The van der Waals surface area contributed by atoms with E-state index in [1.165, 1.54) is 0 Å². The Bertz CT molecular complexity index is 575. The van der Waals surface area contributed by atoms with Crippen molar-refractivity contribution in [2.45, 2.75) is 31.2 Å². The van der Waals surface area contributed by atoms with Gasteiger partial charge in [0.25, 0.3) is 0 Å². The minimum absolute atomic E-state index is 0.159. The van der Waals surface area contributed by atoms with Crippen LogP contribution in [0.2, 0.25) is 0 Å². The van der Waals surface area contributed by atoms with Crippen molar-refractivity contribution in [2.24, 2.45) is 5.92 Å². The van der Waals surface area contributed by atoms with E-state index in [-0.39, 0.29) is 5.92 Å². The summed E-state index contributed by atoms with van der Waals surface area (Å²) in [7, 11) is 0. The second-order valence-corrected chi connectivity index (χ2v) is 6.50. The van der Waals surface area contributed by atoms with Crippen molar-refractivity contribution in [2.75, 3.05) is 18.1 Å². The van der Waals surface area contributed by atoms with Crippen molar-refractivity contribution < 1.29 is 19.5 Å². The predicted octanol–water partition coefficient (Wildman–Crippen LogP) is 2.15. The Morgan fingerprint density at radius 1 is 1.17 bits per heavy atom. The van der Waals surface area contributed by atoms with E-state index in [4.69, 9.17) is 5.11 Å².